The number of hydrogen-bond donors (Lipinski definition) is 1. The van der Waals surface area contributed by atoms with Crippen LogP contribution in [0.25, 0.3) is 11.0 Å². The third kappa shape index (κ3) is 3.96. The second-order valence-corrected chi connectivity index (χ2v) is 7.38. The number of aromatic nitrogens is 4. The molecule has 0 bridgehead atoms. The van der Waals surface area contributed by atoms with Crippen LogP contribution in [0.15, 0.2) is 36.7 Å². The lowest BCUT2D eigenvalue weighted by atomic mass is 10.2. The fourth-order valence-electron chi connectivity index (χ4n) is 3.78. The van der Waals surface area contributed by atoms with Gasteiger partial charge in [-0.25, -0.2) is 14.6 Å². The van der Waals surface area contributed by atoms with Crippen molar-refractivity contribution in [2.45, 2.75) is 38.1 Å². The molecule has 0 unspecified atom stereocenters. The van der Waals surface area contributed by atoms with E-state index in [2.05, 4.69) is 15.1 Å². The molecule has 2 aromatic heterocycles. The van der Waals surface area contributed by atoms with Gasteiger partial charge in [-0.15, -0.1) is 0 Å². The van der Waals surface area contributed by atoms with Crippen LogP contribution in [-0.4, -0.2) is 45.2 Å². The highest BCUT2D eigenvalue weighted by atomic mass is 16.5. The minimum Gasteiger partial charge on any atom is -0.491 e. The molecule has 1 aromatic carbocycles. The van der Waals surface area contributed by atoms with Crippen LogP contribution in [0.3, 0.4) is 0 Å². The summed E-state index contributed by atoms with van der Waals surface area (Å²) >= 11 is 0. The Morgan fingerprint density at radius 1 is 1.20 bits per heavy atom. The molecule has 2 aliphatic rings. The fraction of sp³-hybridized carbons (Fsp3) is 0.381. The van der Waals surface area contributed by atoms with E-state index in [0.29, 0.717) is 24.7 Å². The zero-order valence-corrected chi connectivity index (χ0v) is 16.8. The van der Waals surface area contributed by atoms with Crippen LogP contribution in [0.5, 0.6) is 5.75 Å². The summed E-state index contributed by atoms with van der Waals surface area (Å²) < 4.78 is 7.33. The summed E-state index contributed by atoms with van der Waals surface area (Å²) in [5.41, 5.74) is 6.74. The quantitative estimate of drug-likeness (QED) is 0.696. The molecule has 30 heavy (non-hydrogen) atoms. The molecular weight excluding hydrogens is 384 g/mol. The predicted molar refractivity (Wildman–Crippen MR) is 111 cm³/mol. The van der Waals surface area contributed by atoms with E-state index in [1.54, 1.807) is 24.3 Å². The normalized spacial score (nSPS) is 16.4. The summed E-state index contributed by atoms with van der Waals surface area (Å²) in [6, 6.07) is 7.96. The molecule has 1 aliphatic carbocycles. The number of carbonyl (C=O) groups is 2. The lowest BCUT2D eigenvalue weighted by Gasteiger charge is -2.15. The molecule has 5 rings (SSSR count). The van der Waals surface area contributed by atoms with Crippen molar-refractivity contribution in [3.63, 3.8) is 0 Å². The minimum absolute atomic E-state index is 0.0530. The van der Waals surface area contributed by atoms with Gasteiger partial charge >= 0.3 is 0 Å². The highest BCUT2D eigenvalue weighted by molar-refractivity contribution is 5.95. The molecule has 9 nitrogen and oxygen atoms in total. The van der Waals surface area contributed by atoms with E-state index in [1.807, 2.05) is 28.9 Å². The number of anilines is 1. The summed E-state index contributed by atoms with van der Waals surface area (Å²) in [4.78, 5) is 32.2. The first-order valence-electron chi connectivity index (χ1n) is 10.0. The zero-order valence-electron chi connectivity index (χ0n) is 16.8. The molecule has 156 valence electrons. The molecule has 9 heteroatoms. The van der Waals surface area contributed by atoms with Gasteiger partial charge in [-0.05, 0) is 25.0 Å². The van der Waals surface area contributed by atoms with Crippen molar-refractivity contribution in [1.29, 1.82) is 0 Å². The van der Waals surface area contributed by atoms with Crippen molar-refractivity contribution in [3.05, 3.63) is 42.5 Å². The highest BCUT2D eigenvalue weighted by Gasteiger charge is 2.21. The minimum atomic E-state index is -0.605. The summed E-state index contributed by atoms with van der Waals surface area (Å²) in [5, 5.41) is 5.19. The van der Waals surface area contributed by atoms with Crippen molar-refractivity contribution in [1.82, 2.24) is 19.7 Å². The second-order valence-electron chi connectivity index (χ2n) is 7.38. The second kappa shape index (κ2) is 8.48. The van der Waals surface area contributed by atoms with Gasteiger partial charge < -0.3 is 15.4 Å². The number of primary amides is 1. The molecule has 0 radical (unpaired) electrons. The van der Waals surface area contributed by atoms with Gasteiger partial charge in [0.25, 0.3) is 5.91 Å². The maximum atomic E-state index is 11.4. The van der Waals surface area contributed by atoms with Gasteiger partial charge in [0.1, 0.15) is 5.75 Å². The third-order valence-corrected chi connectivity index (χ3v) is 5.40. The number of hydrogen-bond acceptors (Lipinski definition) is 6. The molecule has 3 heterocycles. The average Bonchev–Trinajstić information content (AvgIpc) is 3.40. The van der Waals surface area contributed by atoms with E-state index in [1.165, 1.54) is 12.8 Å². The number of carbonyl (C=O) groups excluding carboxylic acids is 2. The summed E-state index contributed by atoms with van der Waals surface area (Å²) in [6.07, 6.45) is 8.46. The molecule has 2 amide bonds. The van der Waals surface area contributed by atoms with Crippen molar-refractivity contribution in [2.75, 3.05) is 18.6 Å². The van der Waals surface area contributed by atoms with E-state index in [4.69, 9.17) is 10.5 Å². The highest BCUT2D eigenvalue weighted by Crippen LogP contribution is 2.31. The number of para-hydroxylation sites is 2. The van der Waals surface area contributed by atoms with Gasteiger partial charge in [-0.2, -0.15) is 5.10 Å². The van der Waals surface area contributed by atoms with Crippen LogP contribution in [-0.2, 0) is 4.79 Å². The van der Waals surface area contributed by atoms with Gasteiger partial charge in [-0.1, -0.05) is 25.0 Å². The number of nitrogens with zero attached hydrogens (tertiary/aromatic N) is 5. The Balaban J connectivity index is 0.000000151. The molecule has 1 aliphatic heterocycles. The number of benzene rings is 1. The standard InChI is InChI=1S/C11H13N5O.C10H11NO2/c12-9(17)10-13-5-7-6-14-16(11(7)15-10)8-3-1-2-4-8;1-11-8-4-2-3-5-9(8)13-7-6-10(11)12/h5-6,8H,1-4H2,(H2,12,17);2-5H,6-7H2,1H3. The maximum absolute atomic E-state index is 11.4. The van der Waals surface area contributed by atoms with Crippen molar-refractivity contribution in [3.8, 4) is 5.75 Å². The van der Waals surface area contributed by atoms with E-state index in [0.717, 1.165) is 29.7 Å². The van der Waals surface area contributed by atoms with Crippen LogP contribution in [0.4, 0.5) is 5.69 Å². The van der Waals surface area contributed by atoms with E-state index in [9.17, 15) is 9.59 Å². The molecule has 0 spiro atoms. The average molecular weight is 408 g/mol. The Bertz CT molecular complexity index is 1070. The van der Waals surface area contributed by atoms with Gasteiger partial charge in [0.05, 0.1) is 36.3 Å². The smallest absolute Gasteiger partial charge is 0.286 e. The van der Waals surface area contributed by atoms with E-state index < -0.39 is 5.91 Å². The third-order valence-electron chi connectivity index (χ3n) is 5.40. The first-order valence-corrected chi connectivity index (χ1v) is 10.0. The Morgan fingerprint density at radius 3 is 2.73 bits per heavy atom. The number of rotatable bonds is 2. The predicted octanol–water partition coefficient (Wildman–Crippen LogP) is 2.47. The van der Waals surface area contributed by atoms with Crippen molar-refractivity contribution >= 4 is 28.5 Å². The molecular formula is C21H24N6O3. The lowest BCUT2D eigenvalue weighted by Crippen LogP contribution is -2.24. The topological polar surface area (TPSA) is 116 Å². The molecule has 2 N–H and O–H groups in total. The Labute approximate surface area is 173 Å². The molecule has 0 saturated heterocycles. The van der Waals surface area contributed by atoms with Crippen LogP contribution < -0.4 is 15.4 Å². The van der Waals surface area contributed by atoms with Crippen molar-refractivity contribution < 1.29 is 14.3 Å². The largest absolute Gasteiger partial charge is 0.491 e. The zero-order chi connectivity index (χ0) is 21.1. The Hall–Kier alpha value is -3.49. The Morgan fingerprint density at radius 2 is 1.97 bits per heavy atom. The fourth-order valence-corrected chi connectivity index (χ4v) is 3.78. The van der Waals surface area contributed by atoms with Gasteiger partial charge in [-0.3, -0.25) is 9.59 Å². The number of fused-ring (bicyclic) bond motifs is 2. The van der Waals surface area contributed by atoms with Crippen molar-refractivity contribution in [2.24, 2.45) is 5.73 Å². The first kappa shape index (κ1) is 19.8. The molecule has 0 atom stereocenters. The van der Waals surface area contributed by atoms with Crippen LogP contribution in [0, 0.1) is 0 Å². The molecule has 1 fully saturated rings. The summed E-state index contributed by atoms with van der Waals surface area (Å²) in [6.45, 7) is 0.472. The number of nitrogens with two attached hydrogens (primary N) is 1. The van der Waals surface area contributed by atoms with E-state index in [-0.39, 0.29) is 11.7 Å². The monoisotopic (exact) mass is 408 g/mol. The Kier molecular flexibility index (Phi) is 5.60. The number of amides is 2. The van der Waals surface area contributed by atoms with Crippen LogP contribution >= 0.6 is 0 Å². The maximum Gasteiger partial charge on any atom is 0.286 e. The number of ether oxygens (including phenoxy) is 1. The molecule has 1 saturated carbocycles. The lowest BCUT2D eigenvalue weighted by molar-refractivity contribution is -0.118. The summed E-state index contributed by atoms with van der Waals surface area (Å²) in [5.74, 6) is 0.337. The van der Waals surface area contributed by atoms with Crippen LogP contribution in [0.1, 0.15) is 48.8 Å². The van der Waals surface area contributed by atoms with Gasteiger partial charge in [0.15, 0.2) is 5.65 Å². The van der Waals surface area contributed by atoms with Crippen LogP contribution in [0.2, 0.25) is 0 Å². The van der Waals surface area contributed by atoms with E-state index >= 15 is 0 Å². The van der Waals surface area contributed by atoms with Gasteiger partial charge in [0, 0.05) is 13.2 Å². The SMILES string of the molecule is CN1C(=O)CCOc2ccccc21.NC(=O)c1ncc2cnn(C3CCCC3)c2n1. The van der Waals surface area contributed by atoms with Gasteiger partial charge in [0.2, 0.25) is 11.7 Å². The molecule has 3 aromatic rings. The summed E-state index contributed by atoms with van der Waals surface area (Å²) in [7, 11) is 1.77. The first-order chi connectivity index (χ1) is 14.5.